The minimum atomic E-state index is -4.29. The lowest BCUT2D eigenvalue weighted by atomic mass is 10.3. The molecule has 3 aromatic rings. The van der Waals surface area contributed by atoms with Gasteiger partial charge >= 0.3 is 0 Å². The SMILES string of the molecule is Cc1nnc(/N=N/c2c(C)nn(-c3ccc(S(=O)(=O)O)cc3)c2O)s1. The van der Waals surface area contributed by atoms with Crippen molar-refractivity contribution in [2.45, 2.75) is 18.7 Å². The maximum atomic E-state index is 11.1. The number of nitrogens with zero attached hydrogens (tertiary/aromatic N) is 6. The third-order valence-corrected chi connectivity index (χ3v) is 4.73. The Kier molecular flexibility index (Phi) is 4.32. The van der Waals surface area contributed by atoms with Gasteiger partial charge in [0.1, 0.15) is 5.01 Å². The predicted molar refractivity (Wildman–Crippen MR) is 88.6 cm³/mol. The zero-order chi connectivity index (χ0) is 18.2. The van der Waals surface area contributed by atoms with Gasteiger partial charge in [0.05, 0.1) is 16.3 Å². The molecule has 0 aliphatic carbocycles. The molecular weight excluding hydrogens is 368 g/mol. The first kappa shape index (κ1) is 17.1. The minimum absolute atomic E-state index is 0.159. The highest BCUT2D eigenvalue weighted by Gasteiger charge is 2.17. The topological polar surface area (TPSA) is 143 Å². The highest BCUT2D eigenvalue weighted by Crippen LogP contribution is 2.34. The predicted octanol–water partition coefficient (Wildman–Crippen LogP) is 2.71. The standard InChI is InChI=1S/C13H12N6O4S2/c1-7-11(15-17-13-16-14-8(2)24-13)12(20)19(18-7)9-3-5-10(6-4-9)25(21,22)23/h3-6,20H,1-2H3,(H,21,22,23)/b17-15+. The van der Waals surface area contributed by atoms with Crippen molar-refractivity contribution in [3.05, 3.63) is 35.0 Å². The van der Waals surface area contributed by atoms with Crippen molar-refractivity contribution >= 4 is 32.3 Å². The van der Waals surface area contributed by atoms with Gasteiger partial charge in [-0.3, -0.25) is 4.55 Å². The molecule has 0 atom stereocenters. The van der Waals surface area contributed by atoms with Crippen LogP contribution in [0.3, 0.4) is 0 Å². The molecule has 25 heavy (non-hydrogen) atoms. The first-order valence-electron chi connectivity index (χ1n) is 6.84. The van der Waals surface area contributed by atoms with E-state index in [2.05, 4.69) is 25.5 Å². The maximum absolute atomic E-state index is 11.1. The van der Waals surface area contributed by atoms with Crippen molar-refractivity contribution in [3.8, 4) is 11.6 Å². The van der Waals surface area contributed by atoms with Gasteiger partial charge < -0.3 is 5.11 Å². The number of aromatic hydroxyl groups is 1. The molecule has 130 valence electrons. The third-order valence-electron chi connectivity index (χ3n) is 3.14. The molecule has 0 aliphatic rings. The van der Waals surface area contributed by atoms with Gasteiger partial charge in [-0.05, 0) is 38.1 Å². The van der Waals surface area contributed by atoms with Crippen LogP contribution < -0.4 is 0 Å². The van der Waals surface area contributed by atoms with Crippen LogP contribution in [0.4, 0.5) is 10.8 Å². The van der Waals surface area contributed by atoms with Crippen molar-refractivity contribution < 1.29 is 18.1 Å². The molecule has 0 aliphatic heterocycles. The van der Waals surface area contributed by atoms with Gasteiger partial charge in [0.2, 0.25) is 5.88 Å². The van der Waals surface area contributed by atoms with E-state index in [9.17, 15) is 13.5 Å². The molecule has 3 rings (SSSR count). The quantitative estimate of drug-likeness (QED) is 0.523. The van der Waals surface area contributed by atoms with E-state index >= 15 is 0 Å². The number of aromatic nitrogens is 4. The van der Waals surface area contributed by atoms with Crippen LogP contribution in [0.1, 0.15) is 10.7 Å². The van der Waals surface area contributed by atoms with E-state index in [1.807, 2.05) is 0 Å². The summed E-state index contributed by atoms with van der Waals surface area (Å²) in [6, 6.07) is 5.19. The van der Waals surface area contributed by atoms with E-state index in [-0.39, 0.29) is 16.5 Å². The summed E-state index contributed by atoms with van der Waals surface area (Å²) < 4.78 is 32.3. The second-order valence-electron chi connectivity index (χ2n) is 4.94. The van der Waals surface area contributed by atoms with Crippen LogP contribution in [0.5, 0.6) is 5.88 Å². The van der Waals surface area contributed by atoms with Crippen LogP contribution in [-0.2, 0) is 10.1 Å². The van der Waals surface area contributed by atoms with Crippen LogP contribution >= 0.6 is 11.3 Å². The van der Waals surface area contributed by atoms with E-state index in [4.69, 9.17) is 4.55 Å². The molecule has 12 heteroatoms. The average Bonchev–Trinajstić information content (AvgIpc) is 3.08. The Labute approximate surface area is 146 Å². The average molecular weight is 380 g/mol. The lowest BCUT2D eigenvalue weighted by Crippen LogP contribution is -2.00. The van der Waals surface area contributed by atoms with Gasteiger partial charge in [-0.2, -0.15) is 18.2 Å². The highest BCUT2D eigenvalue weighted by molar-refractivity contribution is 7.85. The molecule has 1 aromatic carbocycles. The molecule has 2 aromatic heterocycles. The minimum Gasteiger partial charge on any atom is -0.492 e. The molecule has 0 fully saturated rings. The Morgan fingerprint density at radius 2 is 1.80 bits per heavy atom. The Balaban J connectivity index is 1.95. The van der Waals surface area contributed by atoms with Crippen molar-refractivity contribution in [2.75, 3.05) is 0 Å². The Hall–Kier alpha value is -2.70. The molecule has 0 radical (unpaired) electrons. The zero-order valence-corrected chi connectivity index (χ0v) is 14.7. The summed E-state index contributed by atoms with van der Waals surface area (Å²) in [6.07, 6.45) is 0. The van der Waals surface area contributed by atoms with Crippen molar-refractivity contribution in [3.63, 3.8) is 0 Å². The second kappa shape index (κ2) is 6.31. The van der Waals surface area contributed by atoms with Crippen molar-refractivity contribution in [1.82, 2.24) is 20.0 Å². The Morgan fingerprint density at radius 1 is 1.12 bits per heavy atom. The summed E-state index contributed by atoms with van der Waals surface area (Å²) in [7, 11) is -4.29. The third kappa shape index (κ3) is 3.55. The first-order valence-corrected chi connectivity index (χ1v) is 9.10. The number of hydrogen-bond donors (Lipinski definition) is 2. The van der Waals surface area contributed by atoms with Gasteiger partial charge in [-0.15, -0.1) is 20.4 Å². The molecule has 10 nitrogen and oxygen atoms in total. The molecule has 0 bridgehead atoms. The maximum Gasteiger partial charge on any atom is 0.294 e. The summed E-state index contributed by atoms with van der Waals surface area (Å²) in [4.78, 5) is -0.258. The molecule has 0 amide bonds. The number of rotatable bonds is 4. The van der Waals surface area contributed by atoms with Crippen LogP contribution in [-0.4, -0.2) is 38.1 Å². The number of aryl methyl sites for hydroxylation is 2. The highest BCUT2D eigenvalue weighted by atomic mass is 32.2. The molecular formula is C13H12N6O4S2. The Morgan fingerprint density at radius 3 is 2.36 bits per heavy atom. The van der Waals surface area contributed by atoms with Gasteiger partial charge in [0.25, 0.3) is 15.2 Å². The summed E-state index contributed by atoms with van der Waals surface area (Å²) in [5, 5.41) is 31.1. The van der Waals surface area contributed by atoms with Crippen LogP contribution in [0, 0.1) is 13.8 Å². The van der Waals surface area contributed by atoms with Gasteiger partial charge in [-0.25, -0.2) is 0 Å². The zero-order valence-electron chi connectivity index (χ0n) is 13.0. The monoisotopic (exact) mass is 380 g/mol. The van der Waals surface area contributed by atoms with E-state index < -0.39 is 10.1 Å². The summed E-state index contributed by atoms with van der Waals surface area (Å²) >= 11 is 1.25. The fraction of sp³-hybridized carbons (Fsp3) is 0.154. The number of azo groups is 1. The summed E-state index contributed by atoms with van der Waals surface area (Å²) in [5.41, 5.74) is 0.967. The molecule has 0 saturated carbocycles. The van der Waals surface area contributed by atoms with Gasteiger partial charge in [0, 0.05) is 0 Å². The molecule has 2 N–H and O–H groups in total. The molecule has 0 unspecified atom stereocenters. The molecule has 2 heterocycles. The van der Waals surface area contributed by atoms with Crippen LogP contribution in [0.15, 0.2) is 39.4 Å². The normalized spacial score (nSPS) is 12.1. The van der Waals surface area contributed by atoms with E-state index in [1.54, 1.807) is 13.8 Å². The van der Waals surface area contributed by atoms with Gasteiger partial charge in [0.15, 0.2) is 5.69 Å². The lowest BCUT2D eigenvalue weighted by Gasteiger charge is -2.03. The van der Waals surface area contributed by atoms with Crippen LogP contribution in [0.25, 0.3) is 5.69 Å². The van der Waals surface area contributed by atoms with E-state index in [0.717, 1.165) is 5.01 Å². The van der Waals surface area contributed by atoms with Gasteiger partial charge in [-0.1, -0.05) is 11.3 Å². The van der Waals surface area contributed by atoms with Crippen LogP contribution in [0.2, 0.25) is 0 Å². The fourth-order valence-corrected chi connectivity index (χ4v) is 2.97. The Bertz CT molecular complexity index is 1050. The molecule has 0 spiro atoms. The van der Waals surface area contributed by atoms with Crippen molar-refractivity contribution in [2.24, 2.45) is 10.2 Å². The van der Waals surface area contributed by atoms with E-state index in [0.29, 0.717) is 16.5 Å². The largest absolute Gasteiger partial charge is 0.492 e. The number of benzene rings is 1. The van der Waals surface area contributed by atoms with Crippen molar-refractivity contribution in [1.29, 1.82) is 0 Å². The smallest absolute Gasteiger partial charge is 0.294 e. The fourth-order valence-electron chi connectivity index (χ4n) is 1.98. The number of hydrogen-bond acceptors (Lipinski definition) is 9. The summed E-state index contributed by atoms with van der Waals surface area (Å²) in [5.74, 6) is -0.262. The second-order valence-corrected chi connectivity index (χ2v) is 7.52. The molecule has 0 saturated heterocycles. The summed E-state index contributed by atoms with van der Waals surface area (Å²) in [6.45, 7) is 3.43. The first-order chi connectivity index (χ1) is 11.8. The van der Waals surface area contributed by atoms with E-state index in [1.165, 1.54) is 40.3 Å². The lowest BCUT2D eigenvalue weighted by molar-refractivity contribution is 0.434.